The quantitative estimate of drug-likeness (QED) is 0.582. The Kier molecular flexibility index (Phi) is 5.69. The van der Waals surface area contributed by atoms with Crippen LogP contribution in [0.4, 0.5) is 14.9 Å². The van der Waals surface area contributed by atoms with Gasteiger partial charge in [0.2, 0.25) is 11.7 Å². The van der Waals surface area contributed by atoms with Crippen molar-refractivity contribution in [1.82, 2.24) is 15.0 Å². The first-order chi connectivity index (χ1) is 14.0. The van der Waals surface area contributed by atoms with Crippen molar-refractivity contribution in [2.24, 2.45) is 0 Å². The molecule has 2 aromatic carbocycles. The third-order valence-electron chi connectivity index (χ3n) is 4.77. The Bertz CT molecular complexity index is 1030. The van der Waals surface area contributed by atoms with Crippen LogP contribution < -0.4 is 5.32 Å². The summed E-state index contributed by atoms with van der Waals surface area (Å²) in [5, 5.41) is 7.38. The molecule has 2 heterocycles. The lowest BCUT2D eigenvalue weighted by atomic mass is 9.98. The van der Waals surface area contributed by atoms with Crippen molar-refractivity contribution < 1.29 is 13.7 Å². The summed E-state index contributed by atoms with van der Waals surface area (Å²) >= 11 is 11.7. The Balaban J connectivity index is 1.43. The van der Waals surface area contributed by atoms with Gasteiger partial charge in [-0.25, -0.2) is 9.18 Å². The highest BCUT2D eigenvalue weighted by Crippen LogP contribution is 2.28. The van der Waals surface area contributed by atoms with E-state index in [-0.39, 0.29) is 17.0 Å². The number of amides is 2. The number of nitrogens with one attached hydrogen (secondary N) is 1. The van der Waals surface area contributed by atoms with Crippen molar-refractivity contribution in [2.75, 3.05) is 18.4 Å². The predicted molar refractivity (Wildman–Crippen MR) is 109 cm³/mol. The summed E-state index contributed by atoms with van der Waals surface area (Å²) in [5.74, 6) is 0.395. The first-order valence-electron chi connectivity index (χ1n) is 9.10. The lowest BCUT2D eigenvalue weighted by molar-refractivity contribution is 0.184. The Hall–Kier alpha value is -2.64. The van der Waals surface area contributed by atoms with Crippen LogP contribution in [0.1, 0.15) is 24.7 Å². The van der Waals surface area contributed by atoms with Crippen LogP contribution in [0.5, 0.6) is 0 Å². The number of carbonyl (C=O) groups is 1. The third kappa shape index (κ3) is 4.52. The molecule has 1 aromatic heterocycles. The lowest BCUT2D eigenvalue weighted by Crippen LogP contribution is -2.41. The molecular weight excluding hydrogens is 418 g/mol. The van der Waals surface area contributed by atoms with E-state index < -0.39 is 5.82 Å². The molecule has 3 aromatic rings. The number of rotatable bonds is 3. The SMILES string of the molecule is O=C(Nc1ccc(F)c(Cl)c1)N1CCCC(c2nc(-c3ccc(Cl)cc3)no2)C1. The van der Waals surface area contributed by atoms with Gasteiger partial charge in [0.15, 0.2) is 0 Å². The van der Waals surface area contributed by atoms with Crippen molar-refractivity contribution in [3.63, 3.8) is 0 Å². The number of piperidine rings is 1. The fourth-order valence-electron chi connectivity index (χ4n) is 3.26. The van der Waals surface area contributed by atoms with Crippen LogP contribution in [-0.4, -0.2) is 34.2 Å². The molecule has 0 bridgehead atoms. The van der Waals surface area contributed by atoms with Gasteiger partial charge in [-0.3, -0.25) is 0 Å². The minimum absolute atomic E-state index is 0.0418. The number of likely N-dealkylation sites (tertiary alicyclic amines) is 1. The predicted octanol–water partition coefficient (Wildman–Crippen LogP) is 5.59. The standard InChI is InChI=1S/C20H17Cl2FN4O2/c21-14-5-3-12(4-6-14)18-25-19(29-26-18)13-2-1-9-27(11-13)20(28)24-15-7-8-17(23)16(22)10-15/h3-8,10,13H,1-2,9,11H2,(H,24,28). The number of hydrogen-bond donors (Lipinski definition) is 1. The average molecular weight is 435 g/mol. The van der Waals surface area contributed by atoms with E-state index in [9.17, 15) is 9.18 Å². The number of aromatic nitrogens is 2. The Labute approximate surface area is 176 Å². The molecule has 0 radical (unpaired) electrons. The van der Waals surface area contributed by atoms with Crippen molar-refractivity contribution in [2.45, 2.75) is 18.8 Å². The van der Waals surface area contributed by atoms with E-state index in [1.165, 1.54) is 18.2 Å². The van der Waals surface area contributed by atoms with Crippen LogP contribution in [0.2, 0.25) is 10.0 Å². The summed E-state index contributed by atoms with van der Waals surface area (Å²) in [6, 6.07) is 11.0. The van der Waals surface area contributed by atoms with E-state index in [0.29, 0.717) is 35.5 Å². The highest BCUT2D eigenvalue weighted by atomic mass is 35.5. The molecule has 0 aliphatic carbocycles. The van der Waals surface area contributed by atoms with Gasteiger partial charge in [0.1, 0.15) is 5.82 Å². The smallest absolute Gasteiger partial charge is 0.321 e. The molecule has 2 amide bonds. The Morgan fingerprint density at radius 1 is 1.21 bits per heavy atom. The maximum Gasteiger partial charge on any atom is 0.321 e. The second-order valence-corrected chi connectivity index (χ2v) is 7.65. The van der Waals surface area contributed by atoms with Crippen LogP contribution in [0, 0.1) is 5.82 Å². The van der Waals surface area contributed by atoms with E-state index in [1.54, 1.807) is 17.0 Å². The molecular formula is C20H17Cl2FN4O2. The van der Waals surface area contributed by atoms with Gasteiger partial charge in [-0.2, -0.15) is 4.98 Å². The number of benzene rings is 2. The maximum atomic E-state index is 13.3. The Morgan fingerprint density at radius 3 is 2.76 bits per heavy atom. The molecule has 150 valence electrons. The van der Waals surface area contributed by atoms with E-state index >= 15 is 0 Å². The molecule has 0 spiro atoms. The fraction of sp³-hybridized carbons (Fsp3) is 0.250. The summed E-state index contributed by atoms with van der Waals surface area (Å²) in [6.07, 6.45) is 1.65. The molecule has 9 heteroatoms. The molecule has 1 atom stereocenters. The minimum Gasteiger partial charge on any atom is -0.339 e. The molecule has 1 aliphatic rings. The fourth-order valence-corrected chi connectivity index (χ4v) is 3.56. The number of urea groups is 1. The zero-order valence-electron chi connectivity index (χ0n) is 15.2. The molecule has 1 unspecified atom stereocenters. The van der Waals surface area contributed by atoms with E-state index in [0.717, 1.165) is 18.4 Å². The first-order valence-corrected chi connectivity index (χ1v) is 9.86. The van der Waals surface area contributed by atoms with Gasteiger partial charge >= 0.3 is 6.03 Å². The summed E-state index contributed by atoms with van der Waals surface area (Å²) in [4.78, 5) is 18.8. The molecule has 1 aliphatic heterocycles. The Morgan fingerprint density at radius 2 is 2.00 bits per heavy atom. The van der Waals surface area contributed by atoms with Crippen LogP contribution in [-0.2, 0) is 0 Å². The minimum atomic E-state index is -0.532. The number of halogens is 3. The summed E-state index contributed by atoms with van der Waals surface area (Å²) in [7, 11) is 0. The van der Waals surface area contributed by atoms with Gasteiger partial charge in [0, 0.05) is 29.4 Å². The van der Waals surface area contributed by atoms with Crippen LogP contribution in [0.3, 0.4) is 0 Å². The topological polar surface area (TPSA) is 71.3 Å². The molecule has 29 heavy (non-hydrogen) atoms. The van der Waals surface area contributed by atoms with E-state index in [4.69, 9.17) is 27.7 Å². The van der Waals surface area contributed by atoms with Crippen LogP contribution in [0.15, 0.2) is 47.0 Å². The maximum absolute atomic E-state index is 13.3. The largest absolute Gasteiger partial charge is 0.339 e. The lowest BCUT2D eigenvalue weighted by Gasteiger charge is -2.31. The number of anilines is 1. The van der Waals surface area contributed by atoms with Gasteiger partial charge in [-0.15, -0.1) is 0 Å². The van der Waals surface area contributed by atoms with Crippen molar-refractivity contribution >= 4 is 34.9 Å². The van der Waals surface area contributed by atoms with Gasteiger partial charge in [0.25, 0.3) is 0 Å². The normalized spacial score (nSPS) is 16.7. The molecule has 1 N–H and O–H groups in total. The van der Waals surface area contributed by atoms with E-state index in [1.807, 2.05) is 12.1 Å². The molecule has 1 saturated heterocycles. The van der Waals surface area contributed by atoms with Crippen molar-refractivity contribution in [3.05, 3.63) is 64.2 Å². The summed E-state index contributed by atoms with van der Waals surface area (Å²) < 4.78 is 18.7. The number of nitrogens with zero attached hydrogens (tertiary/aromatic N) is 3. The summed E-state index contributed by atoms with van der Waals surface area (Å²) in [6.45, 7) is 1.05. The van der Waals surface area contributed by atoms with Crippen LogP contribution >= 0.6 is 23.2 Å². The van der Waals surface area contributed by atoms with Crippen molar-refractivity contribution in [3.8, 4) is 11.4 Å². The summed E-state index contributed by atoms with van der Waals surface area (Å²) in [5.41, 5.74) is 1.24. The monoisotopic (exact) mass is 434 g/mol. The van der Waals surface area contributed by atoms with Gasteiger partial charge < -0.3 is 14.7 Å². The molecule has 6 nitrogen and oxygen atoms in total. The van der Waals surface area contributed by atoms with Crippen LogP contribution in [0.25, 0.3) is 11.4 Å². The highest BCUT2D eigenvalue weighted by molar-refractivity contribution is 6.31. The second-order valence-electron chi connectivity index (χ2n) is 6.81. The molecule has 0 saturated carbocycles. The number of carbonyl (C=O) groups excluding carboxylic acids is 1. The third-order valence-corrected chi connectivity index (χ3v) is 5.31. The first kappa shape index (κ1) is 19.7. The zero-order valence-corrected chi connectivity index (χ0v) is 16.8. The van der Waals surface area contributed by atoms with Crippen molar-refractivity contribution in [1.29, 1.82) is 0 Å². The highest BCUT2D eigenvalue weighted by Gasteiger charge is 2.29. The second kappa shape index (κ2) is 8.39. The van der Waals surface area contributed by atoms with Gasteiger partial charge in [-0.05, 0) is 55.3 Å². The van der Waals surface area contributed by atoms with Gasteiger partial charge in [0.05, 0.1) is 10.9 Å². The van der Waals surface area contributed by atoms with E-state index in [2.05, 4.69) is 15.5 Å². The van der Waals surface area contributed by atoms with Gasteiger partial charge in [-0.1, -0.05) is 28.4 Å². The molecule has 1 fully saturated rings. The number of hydrogen-bond acceptors (Lipinski definition) is 4. The average Bonchev–Trinajstić information content (AvgIpc) is 3.22. The zero-order chi connectivity index (χ0) is 20.4. The molecule has 4 rings (SSSR count).